The van der Waals surface area contributed by atoms with Crippen LogP contribution in [0.15, 0.2) is 36.9 Å². The summed E-state index contributed by atoms with van der Waals surface area (Å²) >= 11 is 0. The molecule has 1 fully saturated rings. The van der Waals surface area contributed by atoms with Crippen molar-refractivity contribution in [2.24, 2.45) is 11.8 Å². The number of aromatic amines is 1. The Morgan fingerprint density at radius 1 is 1.24 bits per heavy atom. The number of hydrogen-bond acceptors (Lipinski definition) is 5. The second-order valence-electron chi connectivity index (χ2n) is 12.4. The van der Waals surface area contributed by atoms with Gasteiger partial charge in [-0.05, 0) is 77.6 Å². The van der Waals surface area contributed by atoms with Gasteiger partial charge in [-0.3, -0.25) is 14.4 Å². The summed E-state index contributed by atoms with van der Waals surface area (Å²) in [4.78, 5) is 53.1. The molecule has 2 N–H and O–H groups in total. The fourth-order valence-electron chi connectivity index (χ4n) is 7.17. The first-order valence-corrected chi connectivity index (χ1v) is 15.1. The molecule has 4 heterocycles. The lowest BCUT2D eigenvalue weighted by molar-refractivity contribution is -0.166. The number of ether oxygens (including phenoxy) is 1. The molecule has 3 aromatic rings. The van der Waals surface area contributed by atoms with Gasteiger partial charge in [-0.25, -0.2) is 4.98 Å². The summed E-state index contributed by atoms with van der Waals surface area (Å²) in [6.45, 7) is 11.9. The molecule has 3 amide bonds. The van der Waals surface area contributed by atoms with Crippen LogP contribution in [0.25, 0.3) is 10.9 Å². The molecule has 0 spiro atoms. The number of nitrogens with one attached hydrogen (secondary N) is 2. The van der Waals surface area contributed by atoms with Gasteiger partial charge in [-0.1, -0.05) is 0 Å². The number of carbonyl (C=O) groups excluding carboxylic acids is 3. The normalized spacial score (nSPS) is 21.9. The number of fused-ring (bicyclic) bond motifs is 5. The van der Waals surface area contributed by atoms with Crippen molar-refractivity contribution in [2.75, 3.05) is 20.2 Å². The molecule has 1 unspecified atom stereocenters. The van der Waals surface area contributed by atoms with Gasteiger partial charge < -0.3 is 29.4 Å². The van der Waals surface area contributed by atoms with Crippen LogP contribution in [0.4, 0.5) is 0 Å². The molecule has 1 saturated heterocycles. The van der Waals surface area contributed by atoms with Gasteiger partial charge >= 0.3 is 0 Å². The van der Waals surface area contributed by atoms with Gasteiger partial charge in [0.05, 0.1) is 24.9 Å². The third kappa shape index (κ3) is 5.27. The van der Waals surface area contributed by atoms with E-state index in [9.17, 15) is 14.4 Å². The molecule has 0 saturated carbocycles. The predicted octanol–water partition coefficient (Wildman–Crippen LogP) is 3.85. The van der Waals surface area contributed by atoms with E-state index in [2.05, 4.69) is 15.3 Å². The standard InChI is InChI=1S/C32H44N6O4/c1-20(2)38(21(3)4)31(41)26-16-22(17-28(39)34-11-7-13-36-15-12-33-19-36)30(40)37-14-10-24-25-18-23(42-6)8-9-27(25)35-29(24)32(26,37)5/h8-9,12,15,18-22,26,35H,7,10-11,13-14,16-17H2,1-6H3,(H,34,39)/t22?,26-,32+/m1/s1. The molecule has 10 nitrogen and oxygen atoms in total. The Balaban J connectivity index is 1.45. The summed E-state index contributed by atoms with van der Waals surface area (Å²) in [6, 6.07) is 5.94. The van der Waals surface area contributed by atoms with E-state index >= 15 is 0 Å². The third-order valence-electron chi connectivity index (χ3n) is 9.15. The lowest BCUT2D eigenvalue weighted by Gasteiger charge is -2.54. The minimum absolute atomic E-state index is 0.000500. The van der Waals surface area contributed by atoms with Crippen molar-refractivity contribution >= 4 is 28.6 Å². The molecule has 3 atom stereocenters. The summed E-state index contributed by atoms with van der Waals surface area (Å²) in [5.41, 5.74) is 2.14. The number of H-pyrrole nitrogens is 1. The molecular formula is C32H44N6O4. The number of rotatable bonds is 10. The number of amides is 3. The molecule has 1 aromatic carbocycles. The number of methoxy groups -OCH3 is 1. The van der Waals surface area contributed by atoms with E-state index in [-0.39, 0.29) is 36.2 Å². The number of imidazole rings is 1. The zero-order chi connectivity index (χ0) is 30.2. The van der Waals surface area contributed by atoms with Crippen LogP contribution in [0.5, 0.6) is 5.75 Å². The maximum atomic E-state index is 14.5. The molecule has 2 aliphatic heterocycles. The minimum atomic E-state index is -0.867. The van der Waals surface area contributed by atoms with Gasteiger partial charge in [0.15, 0.2) is 0 Å². The topological polar surface area (TPSA) is 113 Å². The fraction of sp³-hybridized carbons (Fsp3) is 0.562. The maximum absolute atomic E-state index is 14.5. The van der Waals surface area contributed by atoms with E-state index in [1.165, 1.54) is 0 Å². The summed E-state index contributed by atoms with van der Waals surface area (Å²) in [5, 5.41) is 4.05. The van der Waals surface area contributed by atoms with Crippen LogP contribution in [0.1, 0.15) is 65.1 Å². The number of aryl methyl sites for hydroxylation is 1. The van der Waals surface area contributed by atoms with E-state index in [1.54, 1.807) is 19.6 Å². The Kier molecular flexibility index (Phi) is 8.35. The Morgan fingerprint density at radius 2 is 2.00 bits per heavy atom. The van der Waals surface area contributed by atoms with Gasteiger partial charge in [-0.2, -0.15) is 0 Å². The molecule has 5 rings (SSSR count). The van der Waals surface area contributed by atoms with E-state index < -0.39 is 17.4 Å². The highest BCUT2D eigenvalue weighted by Crippen LogP contribution is 2.50. The van der Waals surface area contributed by atoms with Crippen molar-refractivity contribution in [3.63, 3.8) is 0 Å². The quantitative estimate of drug-likeness (QED) is 0.356. The molecule has 42 heavy (non-hydrogen) atoms. The number of nitrogens with zero attached hydrogens (tertiary/aromatic N) is 4. The fourth-order valence-corrected chi connectivity index (χ4v) is 7.17. The van der Waals surface area contributed by atoms with Gasteiger partial charge in [0.25, 0.3) is 0 Å². The molecule has 0 bridgehead atoms. The van der Waals surface area contributed by atoms with Gasteiger partial charge in [0, 0.05) is 73.0 Å². The largest absolute Gasteiger partial charge is 0.497 e. The van der Waals surface area contributed by atoms with Crippen molar-refractivity contribution in [1.29, 1.82) is 0 Å². The first-order valence-electron chi connectivity index (χ1n) is 15.1. The number of carbonyl (C=O) groups is 3. The highest BCUT2D eigenvalue weighted by molar-refractivity contribution is 5.93. The number of benzene rings is 1. The number of hydrogen-bond donors (Lipinski definition) is 2. The van der Waals surface area contributed by atoms with Crippen molar-refractivity contribution < 1.29 is 19.1 Å². The smallest absolute Gasteiger partial charge is 0.228 e. The van der Waals surface area contributed by atoms with E-state index in [1.807, 2.05) is 73.4 Å². The molecule has 0 aliphatic carbocycles. The predicted molar refractivity (Wildman–Crippen MR) is 161 cm³/mol. The average Bonchev–Trinajstić information content (AvgIpc) is 3.60. The molecule has 10 heteroatoms. The second-order valence-corrected chi connectivity index (χ2v) is 12.4. The van der Waals surface area contributed by atoms with Crippen LogP contribution >= 0.6 is 0 Å². The first-order chi connectivity index (χ1) is 20.1. The van der Waals surface area contributed by atoms with Crippen molar-refractivity contribution in [2.45, 2.75) is 84.5 Å². The molecule has 226 valence electrons. The monoisotopic (exact) mass is 576 g/mol. The van der Waals surface area contributed by atoms with Crippen LogP contribution < -0.4 is 10.1 Å². The number of piperidine rings is 1. The van der Waals surface area contributed by atoms with Gasteiger partial charge in [-0.15, -0.1) is 0 Å². The highest BCUT2D eigenvalue weighted by atomic mass is 16.5. The lowest BCUT2D eigenvalue weighted by atomic mass is 9.67. The zero-order valence-electron chi connectivity index (χ0n) is 25.6. The molecule has 2 aromatic heterocycles. The van der Waals surface area contributed by atoms with Crippen LogP contribution in [-0.4, -0.2) is 74.3 Å². The van der Waals surface area contributed by atoms with Crippen LogP contribution in [0.3, 0.4) is 0 Å². The summed E-state index contributed by atoms with van der Waals surface area (Å²) in [5.74, 6) is -0.492. The van der Waals surface area contributed by atoms with E-state index in [0.717, 1.165) is 40.9 Å². The minimum Gasteiger partial charge on any atom is -0.497 e. The Morgan fingerprint density at radius 3 is 2.67 bits per heavy atom. The Hall–Kier alpha value is -3.82. The summed E-state index contributed by atoms with van der Waals surface area (Å²) in [7, 11) is 1.65. The summed E-state index contributed by atoms with van der Waals surface area (Å²) in [6.07, 6.45) is 7.19. The van der Waals surface area contributed by atoms with E-state index in [0.29, 0.717) is 25.9 Å². The van der Waals surface area contributed by atoms with Crippen molar-refractivity contribution in [3.05, 3.63) is 48.2 Å². The Bertz CT molecular complexity index is 1440. The van der Waals surface area contributed by atoms with Crippen LogP contribution in [0.2, 0.25) is 0 Å². The third-order valence-corrected chi connectivity index (χ3v) is 9.15. The van der Waals surface area contributed by atoms with E-state index in [4.69, 9.17) is 4.74 Å². The van der Waals surface area contributed by atoms with Crippen LogP contribution in [0, 0.1) is 11.8 Å². The second kappa shape index (κ2) is 11.8. The first kappa shape index (κ1) is 29.7. The number of aromatic nitrogens is 3. The maximum Gasteiger partial charge on any atom is 0.228 e. The zero-order valence-corrected chi connectivity index (χ0v) is 25.6. The molecule has 0 radical (unpaired) electrons. The van der Waals surface area contributed by atoms with Crippen molar-refractivity contribution in [3.8, 4) is 5.75 Å². The van der Waals surface area contributed by atoms with Crippen LogP contribution in [-0.2, 0) is 32.9 Å². The highest BCUT2D eigenvalue weighted by Gasteiger charge is 2.57. The Labute approximate surface area is 247 Å². The molecular weight excluding hydrogens is 532 g/mol. The van der Waals surface area contributed by atoms with Crippen molar-refractivity contribution in [1.82, 2.24) is 29.7 Å². The lowest BCUT2D eigenvalue weighted by Crippen LogP contribution is -2.65. The van der Waals surface area contributed by atoms with Gasteiger partial charge in [0.2, 0.25) is 17.7 Å². The van der Waals surface area contributed by atoms with Gasteiger partial charge in [0.1, 0.15) is 5.75 Å². The summed E-state index contributed by atoms with van der Waals surface area (Å²) < 4.78 is 7.46. The average molecular weight is 577 g/mol. The SMILES string of the molecule is COc1ccc2[nH]c3c(c2c1)CCN1C(=O)C(CC(=O)NCCCn2ccnc2)C[C@H](C(=O)N(C(C)C)C(C)C)[C@@]31C. The molecule has 2 aliphatic rings.